The fourth-order valence-corrected chi connectivity index (χ4v) is 2.93. The topological polar surface area (TPSA) is 31.4 Å². The molecule has 3 nitrogen and oxygen atoms in total. The second-order valence-corrected chi connectivity index (χ2v) is 8.55. The van der Waals surface area contributed by atoms with Crippen LogP contribution in [0.5, 0.6) is 5.75 Å². The normalized spacial score (nSPS) is 13.9. The van der Waals surface area contributed by atoms with Crippen molar-refractivity contribution in [3.63, 3.8) is 0 Å². The van der Waals surface area contributed by atoms with Gasteiger partial charge in [0.1, 0.15) is 5.75 Å². The van der Waals surface area contributed by atoms with Gasteiger partial charge in [-0.1, -0.05) is 48.1 Å². The molecule has 1 heterocycles. The molecular weight excluding hydrogens is 298 g/mol. The van der Waals surface area contributed by atoms with E-state index in [9.17, 15) is 0 Å². The molecule has 0 spiro atoms. The molecule has 0 fully saturated rings. The van der Waals surface area contributed by atoms with Gasteiger partial charge in [0.05, 0.1) is 31.7 Å². The van der Waals surface area contributed by atoms with Gasteiger partial charge in [-0.25, -0.2) is 0 Å². The number of allylic oxidation sites excluding steroid dienone is 1. The average molecular weight is 334 g/mol. The average Bonchev–Trinajstić information content (AvgIpc) is 2.50. The zero-order chi connectivity index (χ0) is 18.5. The van der Waals surface area contributed by atoms with Gasteiger partial charge in [-0.15, -0.1) is 0 Å². The fraction of sp³-hybridized carbons (Fsp3) is 0.667. The summed E-state index contributed by atoms with van der Waals surface area (Å²) in [5.74, 6) is 1.30. The van der Waals surface area contributed by atoms with Crippen LogP contribution < -0.4 is 4.74 Å². The standard InChI is InChI=1S/C21H35NO2/c1-15(2)17(4)24-14-20(5,6)13-21(7,8)16(3)19-11-10-18(23-9)12-22-19/h10-12,15,17H,3,13-14H2,1-2,4-9H3. The Labute approximate surface area is 148 Å². The summed E-state index contributed by atoms with van der Waals surface area (Å²) in [7, 11) is 1.65. The van der Waals surface area contributed by atoms with E-state index in [2.05, 4.69) is 60.0 Å². The smallest absolute Gasteiger partial charge is 0.137 e. The van der Waals surface area contributed by atoms with Gasteiger partial charge in [-0.3, -0.25) is 4.98 Å². The zero-order valence-corrected chi connectivity index (χ0v) is 16.8. The van der Waals surface area contributed by atoms with Crippen LogP contribution in [0, 0.1) is 16.7 Å². The van der Waals surface area contributed by atoms with E-state index in [1.165, 1.54) is 0 Å². The van der Waals surface area contributed by atoms with Gasteiger partial charge in [0.15, 0.2) is 0 Å². The number of rotatable bonds is 9. The molecule has 0 aliphatic carbocycles. The van der Waals surface area contributed by atoms with Gasteiger partial charge in [-0.2, -0.15) is 0 Å². The van der Waals surface area contributed by atoms with Gasteiger partial charge in [0, 0.05) is 0 Å². The Balaban J connectivity index is 2.76. The third-order valence-electron chi connectivity index (χ3n) is 4.69. The molecule has 0 aromatic carbocycles. The summed E-state index contributed by atoms with van der Waals surface area (Å²) in [5, 5.41) is 0. The predicted octanol–water partition coefficient (Wildman–Crippen LogP) is 5.61. The Bertz CT molecular complexity index is 529. The molecule has 0 aliphatic heterocycles. The summed E-state index contributed by atoms with van der Waals surface area (Å²) < 4.78 is 11.2. The largest absolute Gasteiger partial charge is 0.495 e. The quantitative estimate of drug-likeness (QED) is 0.589. The molecule has 24 heavy (non-hydrogen) atoms. The molecule has 136 valence electrons. The number of methoxy groups -OCH3 is 1. The van der Waals surface area contributed by atoms with Crippen molar-refractivity contribution in [1.82, 2.24) is 4.98 Å². The lowest BCUT2D eigenvalue weighted by molar-refractivity contribution is -0.0192. The van der Waals surface area contributed by atoms with E-state index in [-0.39, 0.29) is 16.9 Å². The van der Waals surface area contributed by atoms with Crippen LogP contribution in [-0.2, 0) is 4.74 Å². The molecule has 0 aliphatic rings. The Morgan fingerprint density at radius 2 is 1.79 bits per heavy atom. The Hall–Kier alpha value is -1.35. The van der Waals surface area contributed by atoms with Gasteiger partial charge in [-0.05, 0) is 47.8 Å². The van der Waals surface area contributed by atoms with E-state index in [0.29, 0.717) is 5.92 Å². The van der Waals surface area contributed by atoms with Crippen LogP contribution in [0.3, 0.4) is 0 Å². The van der Waals surface area contributed by atoms with E-state index in [0.717, 1.165) is 30.0 Å². The minimum atomic E-state index is -0.0600. The van der Waals surface area contributed by atoms with Crippen molar-refractivity contribution < 1.29 is 9.47 Å². The second kappa shape index (κ2) is 8.15. The van der Waals surface area contributed by atoms with Crippen LogP contribution in [0.4, 0.5) is 0 Å². The maximum Gasteiger partial charge on any atom is 0.137 e. The Morgan fingerprint density at radius 1 is 1.17 bits per heavy atom. The van der Waals surface area contributed by atoms with E-state index in [1.54, 1.807) is 13.3 Å². The predicted molar refractivity (Wildman–Crippen MR) is 102 cm³/mol. The highest BCUT2D eigenvalue weighted by molar-refractivity contribution is 5.65. The lowest BCUT2D eigenvalue weighted by Gasteiger charge is -2.37. The number of hydrogen-bond donors (Lipinski definition) is 0. The Morgan fingerprint density at radius 3 is 2.25 bits per heavy atom. The van der Waals surface area contributed by atoms with Crippen molar-refractivity contribution in [2.24, 2.45) is 16.7 Å². The molecule has 1 rings (SSSR count). The molecule has 0 bridgehead atoms. The highest BCUT2D eigenvalue weighted by Gasteiger charge is 2.32. The first-order chi connectivity index (χ1) is 11.0. The molecule has 1 aromatic heterocycles. The lowest BCUT2D eigenvalue weighted by Crippen LogP contribution is -2.31. The second-order valence-electron chi connectivity index (χ2n) is 8.55. The van der Waals surface area contributed by atoms with Gasteiger partial charge >= 0.3 is 0 Å². The molecule has 0 saturated heterocycles. The first-order valence-corrected chi connectivity index (χ1v) is 8.80. The van der Waals surface area contributed by atoms with E-state index in [4.69, 9.17) is 9.47 Å². The van der Waals surface area contributed by atoms with Crippen LogP contribution in [0.2, 0.25) is 0 Å². The molecule has 1 atom stereocenters. The number of hydrogen-bond acceptors (Lipinski definition) is 3. The number of pyridine rings is 1. The monoisotopic (exact) mass is 333 g/mol. The van der Waals surface area contributed by atoms with Crippen molar-refractivity contribution >= 4 is 5.57 Å². The molecule has 1 aromatic rings. The molecule has 1 unspecified atom stereocenters. The zero-order valence-electron chi connectivity index (χ0n) is 16.8. The molecule has 0 amide bonds. The minimum Gasteiger partial charge on any atom is -0.495 e. The highest BCUT2D eigenvalue weighted by atomic mass is 16.5. The molecular formula is C21H35NO2. The van der Waals surface area contributed by atoms with E-state index >= 15 is 0 Å². The molecule has 0 N–H and O–H groups in total. The highest BCUT2D eigenvalue weighted by Crippen LogP contribution is 2.42. The minimum absolute atomic E-state index is 0.0600. The number of nitrogens with zero attached hydrogens (tertiary/aromatic N) is 1. The van der Waals surface area contributed by atoms with Crippen molar-refractivity contribution in [3.05, 3.63) is 30.6 Å². The summed E-state index contributed by atoms with van der Waals surface area (Å²) in [5.41, 5.74) is 1.99. The van der Waals surface area contributed by atoms with E-state index in [1.807, 2.05) is 12.1 Å². The van der Waals surface area contributed by atoms with Gasteiger partial charge in [0.2, 0.25) is 0 Å². The van der Waals surface area contributed by atoms with Crippen LogP contribution >= 0.6 is 0 Å². The van der Waals surface area contributed by atoms with Crippen LogP contribution in [0.25, 0.3) is 5.57 Å². The number of aromatic nitrogens is 1. The summed E-state index contributed by atoms with van der Waals surface area (Å²) >= 11 is 0. The summed E-state index contributed by atoms with van der Waals surface area (Å²) in [6, 6.07) is 3.91. The summed E-state index contributed by atoms with van der Waals surface area (Å²) in [6.07, 6.45) is 3.01. The number of ether oxygens (including phenoxy) is 2. The van der Waals surface area contributed by atoms with Crippen molar-refractivity contribution in [2.75, 3.05) is 13.7 Å². The SMILES string of the molecule is C=C(c1ccc(OC)cn1)C(C)(C)CC(C)(C)COC(C)C(C)C. The molecule has 0 saturated carbocycles. The van der Waals surface area contributed by atoms with Crippen LogP contribution in [0.15, 0.2) is 24.9 Å². The Kier molecular flexibility index (Phi) is 7.03. The summed E-state index contributed by atoms with van der Waals surface area (Å²) in [6.45, 7) is 20.6. The van der Waals surface area contributed by atoms with Crippen molar-refractivity contribution in [1.29, 1.82) is 0 Å². The maximum absolute atomic E-state index is 6.07. The maximum atomic E-state index is 6.07. The van der Waals surface area contributed by atoms with Crippen molar-refractivity contribution in [3.8, 4) is 5.75 Å². The van der Waals surface area contributed by atoms with Crippen molar-refractivity contribution in [2.45, 2.75) is 61.0 Å². The van der Waals surface area contributed by atoms with Gasteiger partial charge < -0.3 is 9.47 Å². The van der Waals surface area contributed by atoms with Crippen LogP contribution in [-0.4, -0.2) is 24.8 Å². The van der Waals surface area contributed by atoms with E-state index < -0.39 is 0 Å². The fourth-order valence-electron chi connectivity index (χ4n) is 2.93. The molecule has 3 heteroatoms. The molecule has 0 radical (unpaired) electrons. The lowest BCUT2D eigenvalue weighted by atomic mass is 9.71. The van der Waals surface area contributed by atoms with Crippen LogP contribution in [0.1, 0.15) is 60.6 Å². The third-order valence-corrected chi connectivity index (χ3v) is 4.69. The third kappa shape index (κ3) is 5.94. The first kappa shape index (κ1) is 20.7. The first-order valence-electron chi connectivity index (χ1n) is 8.80. The van der Waals surface area contributed by atoms with Gasteiger partial charge in [0.25, 0.3) is 0 Å². The summed E-state index contributed by atoms with van der Waals surface area (Å²) in [4.78, 5) is 4.49.